The zero-order chi connectivity index (χ0) is 15.4. The van der Waals surface area contributed by atoms with Crippen LogP contribution in [0.1, 0.15) is 25.3 Å². The molecule has 0 saturated carbocycles. The van der Waals surface area contributed by atoms with Crippen molar-refractivity contribution in [2.75, 3.05) is 13.2 Å². The van der Waals surface area contributed by atoms with E-state index in [2.05, 4.69) is 22.4 Å². The highest BCUT2D eigenvalue weighted by molar-refractivity contribution is 5.40. The van der Waals surface area contributed by atoms with Crippen LogP contribution in [0.15, 0.2) is 43.0 Å². The molecule has 1 fully saturated rings. The van der Waals surface area contributed by atoms with Crippen molar-refractivity contribution < 1.29 is 9.84 Å². The van der Waals surface area contributed by atoms with E-state index in [0.29, 0.717) is 32.6 Å². The first-order valence-corrected chi connectivity index (χ1v) is 7.79. The van der Waals surface area contributed by atoms with E-state index < -0.39 is 5.60 Å². The summed E-state index contributed by atoms with van der Waals surface area (Å²) in [7, 11) is 0. The van der Waals surface area contributed by atoms with Crippen molar-refractivity contribution in [3.05, 3.63) is 48.5 Å². The monoisotopic (exact) mass is 301 g/mol. The Labute approximate surface area is 130 Å². The highest BCUT2D eigenvalue weighted by Crippen LogP contribution is 2.25. The maximum absolute atomic E-state index is 10.7. The molecule has 0 spiro atoms. The van der Waals surface area contributed by atoms with Gasteiger partial charge in [-0.25, -0.2) is 4.98 Å². The zero-order valence-corrected chi connectivity index (χ0v) is 12.9. The van der Waals surface area contributed by atoms with Crippen molar-refractivity contribution in [3.63, 3.8) is 0 Å². The Morgan fingerprint density at radius 2 is 2.14 bits per heavy atom. The smallest absolute Gasteiger partial charge is 0.0991 e. The van der Waals surface area contributed by atoms with Crippen LogP contribution < -0.4 is 5.32 Å². The number of rotatable bonds is 5. The molecule has 5 heteroatoms. The van der Waals surface area contributed by atoms with Gasteiger partial charge in [0.2, 0.25) is 0 Å². The van der Waals surface area contributed by atoms with Crippen LogP contribution in [-0.2, 0) is 11.3 Å². The van der Waals surface area contributed by atoms with Crippen LogP contribution in [0, 0.1) is 0 Å². The zero-order valence-electron chi connectivity index (χ0n) is 12.9. The van der Waals surface area contributed by atoms with E-state index in [1.165, 1.54) is 5.56 Å². The molecule has 0 bridgehead atoms. The number of nitrogens with zero attached hydrogens (tertiary/aromatic N) is 2. The Morgan fingerprint density at radius 3 is 2.86 bits per heavy atom. The van der Waals surface area contributed by atoms with E-state index in [0.717, 1.165) is 5.69 Å². The number of nitrogens with one attached hydrogen (secondary N) is 1. The van der Waals surface area contributed by atoms with Gasteiger partial charge in [0.05, 0.1) is 17.6 Å². The van der Waals surface area contributed by atoms with Crippen molar-refractivity contribution in [3.8, 4) is 5.69 Å². The highest BCUT2D eigenvalue weighted by atomic mass is 16.5. The van der Waals surface area contributed by atoms with E-state index in [9.17, 15) is 5.11 Å². The lowest BCUT2D eigenvalue weighted by molar-refractivity contribution is -0.0819. The van der Waals surface area contributed by atoms with Crippen LogP contribution in [0.3, 0.4) is 0 Å². The number of ether oxygens (including phenoxy) is 1. The molecular weight excluding hydrogens is 278 g/mol. The Balaban J connectivity index is 1.69. The van der Waals surface area contributed by atoms with Gasteiger partial charge >= 0.3 is 0 Å². The molecule has 2 heterocycles. The topological polar surface area (TPSA) is 59.3 Å². The van der Waals surface area contributed by atoms with Gasteiger partial charge in [-0.15, -0.1) is 0 Å². The largest absolute Gasteiger partial charge is 0.388 e. The second-order valence-corrected chi connectivity index (χ2v) is 5.92. The van der Waals surface area contributed by atoms with Crippen molar-refractivity contribution in [1.29, 1.82) is 0 Å². The van der Waals surface area contributed by atoms with E-state index in [-0.39, 0.29) is 6.04 Å². The molecule has 2 aromatic rings. The molecule has 2 N–H and O–H groups in total. The molecule has 1 saturated heterocycles. The first-order valence-electron chi connectivity index (χ1n) is 7.79. The SMILES string of the molecule is CC(NCc1ccccc1-n1ccnc1)C1(O)CCOCC1. The summed E-state index contributed by atoms with van der Waals surface area (Å²) < 4.78 is 7.35. The van der Waals surface area contributed by atoms with Crippen LogP contribution in [0.2, 0.25) is 0 Å². The van der Waals surface area contributed by atoms with Crippen molar-refractivity contribution in [2.45, 2.75) is 38.0 Å². The van der Waals surface area contributed by atoms with E-state index in [4.69, 9.17) is 4.74 Å². The molecule has 3 rings (SSSR count). The molecule has 5 nitrogen and oxygen atoms in total. The van der Waals surface area contributed by atoms with Gasteiger partial charge in [0, 0.05) is 51.0 Å². The number of aromatic nitrogens is 2. The molecule has 0 radical (unpaired) electrons. The molecule has 22 heavy (non-hydrogen) atoms. The van der Waals surface area contributed by atoms with Crippen molar-refractivity contribution in [1.82, 2.24) is 14.9 Å². The maximum atomic E-state index is 10.7. The highest BCUT2D eigenvalue weighted by Gasteiger charge is 2.35. The van der Waals surface area contributed by atoms with Crippen LogP contribution in [-0.4, -0.2) is 39.5 Å². The molecular formula is C17H23N3O2. The summed E-state index contributed by atoms with van der Waals surface area (Å²) in [6.07, 6.45) is 6.88. The van der Waals surface area contributed by atoms with Crippen LogP contribution in [0.25, 0.3) is 5.69 Å². The lowest BCUT2D eigenvalue weighted by atomic mass is 9.87. The minimum atomic E-state index is -0.678. The first-order chi connectivity index (χ1) is 10.7. The Kier molecular flexibility index (Phi) is 4.57. The average Bonchev–Trinajstić information content (AvgIpc) is 3.08. The molecule has 118 valence electrons. The van der Waals surface area contributed by atoms with Crippen molar-refractivity contribution in [2.24, 2.45) is 0 Å². The lowest BCUT2D eigenvalue weighted by Crippen LogP contribution is -2.51. The van der Waals surface area contributed by atoms with E-state index >= 15 is 0 Å². The number of imidazole rings is 1. The molecule has 1 aliphatic rings. The van der Waals surface area contributed by atoms with Gasteiger partial charge in [-0.3, -0.25) is 0 Å². The van der Waals surface area contributed by atoms with Gasteiger partial charge in [-0.1, -0.05) is 18.2 Å². The van der Waals surface area contributed by atoms with Gasteiger partial charge in [0.15, 0.2) is 0 Å². The normalized spacial score (nSPS) is 19.0. The molecule has 0 amide bonds. The summed E-state index contributed by atoms with van der Waals surface area (Å²) >= 11 is 0. The first kappa shape index (κ1) is 15.2. The van der Waals surface area contributed by atoms with Gasteiger partial charge in [-0.2, -0.15) is 0 Å². The number of hydrogen-bond donors (Lipinski definition) is 2. The Bertz CT molecular complexity index is 592. The van der Waals surface area contributed by atoms with E-state index in [1.54, 1.807) is 12.5 Å². The summed E-state index contributed by atoms with van der Waals surface area (Å²) in [5, 5.41) is 14.2. The number of aliphatic hydroxyl groups is 1. The summed E-state index contributed by atoms with van der Waals surface area (Å²) in [6, 6.07) is 8.25. The second kappa shape index (κ2) is 6.60. The molecule has 1 aliphatic heterocycles. The molecule has 1 atom stereocenters. The Morgan fingerprint density at radius 1 is 1.36 bits per heavy atom. The molecule has 0 aliphatic carbocycles. The standard InChI is InChI=1S/C17H23N3O2/c1-14(17(21)6-10-22-11-7-17)19-12-15-4-2-3-5-16(15)20-9-8-18-13-20/h2-5,8-9,13-14,19,21H,6-7,10-12H2,1H3. The minimum Gasteiger partial charge on any atom is -0.388 e. The summed E-state index contributed by atoms with van der Waals surface area (Å²) in [5.74, 6) is 0. The Hall–Kier alpha value is -1.69. The average molecular weight is 301 g/mol. The number of para-hydroxylation sites is 1. The van der Waals surface area contributed by atoms with Crippen LogP contribution >= 0.6 is 0 Å². The third-order valence-corrected chi connectivity index (χ3v) is 4.54. The maximum Gasteiger partial charge on any atom is 0.0991 e. The van der Waals surface area contributed by atoms with Gasteiger partial charge in [-0.05, 0) is 18.6 Å². The van der Waals surface area contributed by atoms with Gasteiger partial charge in [0.25, 0.3) is 0 Å². The molecule has 1 aromatic carbocycles. The van der Waals surface area contributed by atoms with Gasteiger partial charge < -0.3 is 19.7 Å². The molecule has 1 aromatic heterocycles. The minimum absolute atomic E-state index is 0.0206. The number of hydrogen-bond acceptors (Lipinski definition) is 4. The van der Waals surface area contributed by atoms with E-state index in [1.807, 2.05) is 29.8 Å². The third-order valence-electron chi connectivity index (χ3n) is 4.54. The molecule has 1 unspecified atom stereocenters. The third kappa shape index (κ3) is 3.21. The fourth-order valence-corrected chi connectivity index (χ4v) is 2.92. The second-order valence-electron chi connectivity index (χ2n) is 5.92. The quantitative estimate of drug-likeness (QED) is 0.885. The fourth-order valence-electron chi connectivity index (χ4n) is 2.92. The summed E-state index contributed by atoms with van der Waals surface area (Å²) in [6.45, 7) is 4.02. The predicted octanol–water partition coefficient (Wildman–Crippen LogP) is 1.89. The van der Waals surface area contributed by atoms with Crippen LogP contribution in [0.5, 0.6) is 0 Å². The lowest BCUT2D eigenvalue weighted by Gasteiger charge is -2.37. The fraction of sp³-hybridized carbons (Fsp3) is 0.471. The number of benzene rings is 1. The van der Waals surface area contributed by atoms with Crippen LogP contribution in [0.4, 0.5) is 0 Å². The van der Waals surface area contributed by atoms with Crippen molar-refractivity contribution >= 4 is 0 Å². The summed E-state index contributed by atoms with van der Waals surface area (Å²) in [4.78, 5) is 4.11. The predicted molar refractivity (Wildman–Crippen MR) is 84.9 cm³/mol. The summed E-state index contributed by atoms with van der Waals surface area (Å²) in [5.41, 5.74) is 1.61. The van der Waals surface area contributed by atoms with Gasteiger partial charge in [0.1, 0.15) is 0 Å².